The first-order valence-corrected chi connectivity index (χ1v) is 8.08. The van der Waals surface area contributed by atoms with Gasteiger partial charge in [-0.05, 0) is 42.3 Å². The van der Waals surface area contributed by atoms with Crippen LogP contribution in [0.25, 0.3) is 0 Å². The van der Waals surface area contributed by atoms with E-state index in [0.29, 0.717) is 11.1 Å². The molecule has 2 saturated heterocycles. The van der Waals surface area contributed by atoms with Gasteiger partial charge in [-0.1, -0.05) is 24.3 Å². The summed E-state index contributed by atoms with van der Waals surface area (Å²) in [6.45, 7) is 1.16. The van der Waals surface area contributed by atoms with Crippen LogP contribution in [-0.2, 0) is 24.9 Å². The van der Waals surface area contributed by atoms with E-state index in [1.807, 2.05) is 0 Å². The summed E-state index contributed by atoms with van der Waals surface area (Å²) in [4.78, 5) is 23.2. The normalized spacial score (nSPS) is 29.9. The van der Waals surface area contributed by atoms with Gasteiger partial charge in [0.1, 0.15) is 23.7 Å². The summed E-state index contributed by atoms with van der Waals surface area (Å²) in [6, 6.07) is 11.0. The minimum Gasteiger partial charge on any atom is -0.459 e. The molecule has 0 radical (unpaired) electrons. The molecule has 0 saturated carbocycles. The Bertz CT molecular complexity index is 806. The van der Waals surface area contributed by atoms with Crippen molar-refractivity contribution < 1.29 is 33.2 Å². The summed E-state index contributed by atoms with van der Waals surface area (Å²) < 4.78 is 31.8. The van der Waals surface area contributed by atoms with Gasteiger partial charge in [-0.25, -0.2) is 13.7 Å². The number of hydrogen-bond acceptors (Lipinski definition) is 5. The number of ether oxygens (including phenoxy) is 1. The molecule has 7 heteroatoms. The number of carbonyl (C=O) groups is 1. The Kier molecular flexibility index (Phi) is 3.66. The molecule has 2 fully saturated rings. The monoisotopic (exact) mass is 362 g/mol. The molecule has 2 aliphatic rings. The second-order valence-electron chi connectivity index (χ2n) is 6.88. The lowest BCUT2D eigenvalue weighted by Crippen LogP contribution is -2.58. The maximum absolute atomic E-state index is 13.4. The first-order valence-electron chi connectivity index (χ1n) is 8.08. The van der Waals surface area contributed by atoms with Gasteiger partial charge in [0.05, 0.1) is 0 Å². The number of cyclic esters (lactones) is 1. The van der Waals surface area contributed by atoms with Crippen LogP contribution in [0.4, 0.5) is 8.78 Å². The van der Waals surface area contributed by atoms with Crippen LogP contribution < -0.4 is 0 Å². The molecule has 2 unspecified atom stereocenters. The van der Waals surface area contributed by atoms with Crippen LogP contribution in [-0.4, -0.2) is 23.5 Å². The Morgan fingerprint density at radius 3 is 1.92 bits per heavy atom. The third-order valence-corrected chi connectivity index (χ3v) is 5.26. The van der Waals surface area contributed by atoms with Gasteiger partial charge < -0.3 is 9.84 Å². The topological polar surface area (TPSA) is 65.0 Å². The zero-order valence-electron chi connectivity index (χ0n) is 13.9. The SMILES string of the molecule is CC12CC(c3ccc(F)cc3)(c3ccc(F)cc3)OOC1(O)COC2=O. The Labute approximate surface area is 148 Å². The van der Waals surface area contributed by atoms with Gasteiger partial charge in [0.15, 0.2) is 5.60 Å². The number of carbonyl (C=O) groups excluding carboxylic acids is 1. The largest absolute Gasteiger partial charge is 0.459 e. The molecular formula is C19H16F2O5. The molecule has 0 spiro atoms. The Morgan fingerprint density at radius 1 is 0.923 bits per heavy atom. The Morgan fingerprint density at radius 2 is 1.42 bits per heavy atom. The number of rotatable bonds is 2. The highest BCUT2D eigenvalue weighted by Crippen LogP contribution is 2.55. The van der Waals surface area contributed by atoms with E-state index in [1.165, 1.54) is 55.5 Å². The lowest BCUT2D eigenvalue weighted by Gasteiger charge is -2.47. The standard InChI is InChI=1S/C19H16F2O5/c1-17-10-18(12-2-6-14(20)7-3-12,13-4-8-15(21)9-5-13)25-26-19(17,23)11-24-16(17)22/h2-9,23H,10-11H2,1H3. The maximum atomic E-state index is 13.4. The number of benzene rings is 2. The highest BCUT2D eigenvalue weighted by Gasteiger charge is 2.68. The second kappa shape index (κ2) is 5.57. The summed E-state index contributed by atoms with van der Waals surface area (Å²) in [5.74, 6) is -3.45. The molecule has 2 aromatic rings. The van der Waals surface area contributed by atoms with Crippen molar-refractivity contribution >= 4 is 5.97 Å². The van der Waals surface area contributed by atoms with Gasteiger partial charge in [-0.3, -0.25) is 4.79 Å². The third-order valence-electron chi connectivity index (χ3n) is 5.26. The first kappa shape index (κ1) is 17.1. The molecule has 0 aromatic heterocycles. The number of fused-ring (bicyclic) bond motifs is 1. The number of esters is 1. The molecule has 26 heavy (non-hydrogen) atoms. The average Bonchev–Trinajstić information content (AvgIpc) is 2.86. The third kappa shape index (κ3) is 2.28. The smallest absolute Gasteiger partial charge is 0.317 e. The van der Waals surface area contributed by atoms with Crippen molar-refractivity contribution in [1.82, 2.24) is 0 Å². The Hall–Kier alpha value is -2.35. The van der Waals surface area contributed by atoms with Crippen LogP contribution in [0.15, 0.2) is 48.5 Å². The lowest BCUT2D eigenvalue weighted by atomic mass is 9.68. The van der Waals surface area contributed by atoms with E-state index >= 15 is 0 Å². The van der Waals surface area contributed by atoms with E-state index < -0.39 is 34.4 Å². The minimum atomic E-state index is -1.94. The van der Waals surface area contributed by atoms with Crippen molar-refractivity contribution in [1.29, 1.82) is 0 Å². The van der Waals surface area contributed by atoms with Crippen LogP contribution >= 0.6 is 0 Å². The zero-order valence-corrected chi connectivity index (χ0v) is 13.9. The molecule has 2 aliphatic heterocycles. The molecule has 2 atom stereocenters. The summed E-state index contributed by atoms with van der Waals surface area (Å²) in [7, 11) is 0. The van der Waals surface area contributed by atoms with E-state index in [9.17, 15) is 18.7 Å². The molecule has 4 rings (SSSR count). The van der Waals surface area contributed by atoms with Crippen molar-refractivity contribution in [2.75, 3.05) is 6.61 Å². The van der Waals surface area contributed by atoms with E-state index in [-0.39, 0.29) is 13.0 Å². The van der Waals surface area contributed by atoms with Crippen molar-refractivity contribution in [3.8, 4) is 0 Å². The molecule has 0 aliphatic carbocycles. The lowest BCUT2D eigenvalue weighted by molar-refractivity contribution is -0.502. The molecule has 2 heterocycles. The van der Waals surface area contributed by atoms with Gasteiger partial charge in [0.25, 0.3) is 0 Å². The van der Waals surface area contributed by atoms with Gasteiger partial charge in [0, 0.05) is 6.42 Å². The van der Waals surface area contributed by atoms with E-state index in [0.717, 1.165) is 0 Å². The van der Waals surface area contributed by atoms with Crippen LogP contribution in [0.2, 0.25) is 0 Å². The van der Waals surface area contributed by atoms with Crippen LogP contribution in [0.3, 0.4) is 0 Å². The van der Waals surface area contributed by atoms with Crippen molar-refractivity contribution in [2.24, 2.45) is 5.41 Å². The highest BCUT2D eigenvalue weighted by molar-refractivity contribution is 5.80. The predicted octanol–water partition coefficient (Wildman–Crippen LogP) is 2.81. The second-order valence-corrected chi connectivity index (χ2v) is 6.88. The molecule has 5 nitrogen and oxygen atoms in total. The van der Waals surface area contributed by atoms with E-state index in [1.54, 1.807) is 0 Å². The van der Waals surface area contributed by atoms with Gasteiger partial charge in [-0.15, -0.1) is 0 Å². The van der Waals surface area contributed by atoms with Crippen LogP contribution in [0.5, 0.6) is 0 Å². The Balaban J connectivity index is 1.88. The fraction of sp³-hybridized carbons (Fsp3) is 0.316. The number of hydrogen-bond donors (Lipinski definition) is 1. The summed E-state index contributed by atoms with van der Waals surface area (Å²) in [6.07, 6.45) is -0.0351. The molecule has 0 amide bonds. The zero-order chi connectivity index (χ0) is 18.6. The van der Waals surface area contributed by atoms with Crippen molar-refractivity contribution in [3.63, 3.8) is 0 Å². The van der Waals surface area contributed by atoms with Crippen LogP contribution in [0.1, 0.15) is 24.5 Å². The van der Waals surface area contributed by atoms with Crippen LogP contribution in [0, 0.1) is 17.0 Å². The van der Waals surface area contributed by atoms with Gasteiger partial charge in [0.2, 0.25) is 5.79 Å². The number of aliphatic hydroxyl groups is 1. The first-order chi connectivity index (χ1) is 12.3. The quantitative estimate of drug-likeness (QED) is 0.657. The fourth-order valence-corrected chi connectivity index (χ4v) is 3.54. The molecule has 1 N–H and O–H groups in total. The predicted molar refractivity (Wildman–Crippen MR) is 84.4 cm³/mol. The van der Waals surface area contributed by atoms with Gasteiger partial charge in [-0.2, -0.15) is 4.89 Å². The maximum Gasteiger partial charge on any atom is 0.317 e. The summed E-state index contributed by atoms with van der Waals surface area (Å²) >= 11 is 0. The number of halogens is 2. The van der Waals surface area contributed by atoms with E-state index in [2.05, 4.69) is 0 Å². The van der Waals surface area contributed by atoms with Crippen molar-refractivity contribution in [3.05, 3.63) is 71.3 Å². The minimum absolute atomic E-state index is 0.0351. The molecule has 136 valence electrons. The molecule has 0 bridgehead atoms. The summed E-state index contributed by atoms with van der Waals surface area (Å²) in [5.41, 5.74) is -1.79. The van der Waals surface area contributed by atoms with Crippen molar-refractivity contribution in [2.45, 2.75) is 24.7 Å². The van der Waals surface area contributed by atoms with Gasteiger partial charge >= 0.3 is 5.97 Å². The average molecular weight is 362 g/mol. The summed E-state index contributed by atoms with van der Waals surface area (Å²) in [5, 5.41) is 10.6. The van der Waals surface area contributed by atoms with E-state index in [4.69, 9.17) is 14.5 Å². The highest BCUT2D eigenvalue weighted by atomic mass is 19.1. The molecular weight excluding hydrogens is 346 g/mol. The fourth-order valence-electron chi connectivity index (χ4n) is 3.54. The molecule has 2 aromatic carbocycles.